The van der Waals surface area contributed by atoms with Crippen LogP contribution in [0.2, 0.25) is 0 Å². The largest absolute Gasteiger partial charge is 0.490 e. The molecule has 6 heterocycles. The third-order valence-electron chi connectivity index (χ3n) is 18.8. The van der Waals surface area contributed by atoms with Crippen LogP contribution in [-0.2, 0) is 0 Å². The highest BCUT2D eigenvalue weighted by Gasteiger charge is 2.26. The zero-order chi connectivity index (χ0) is 75.0. The maximum absolute atomic E-state index is 6.81. The van der Waals surface area contributed by atoms with Gasteiger partial charge >= 0.3 is 0 Å². The van der Waals surface area contributed by atoms with E-state index in [1.54, 1.807) is 22.7 Å². The molecule has 0 unspecified atom stereocenters. The van der Waals surface area contributed by atoms with Gasteiger partial charge in [-0.3, -0.25) is 9.97 Å². The molecule has 104 heavy (non-hydrogen) atoms. The molecule has 576 valence electrons. The molecule has 0 amide bonds. The summed E-state index contributed by atoms with van der Waals surface area (Å²) in [4.78, 5) is 12.7. The normalized spacial score (nSPS) is 12.8. The van der Waals surface area contributed by atoms with Crippen molar-refractivity contribution in [3.63, 3.8) is 0 Å². The molecule has 0 radical (unpaired) electrons. The number of unbranched alkanes of at least 4 members (excludes halogenated alkanes) is 18. The van der Waals surface area contributed by atoms with Gasteiger partial charge in [0.2, 0.25) is 11.5 Å². The minimum absolute atomic E-state index is 0.582. The molecule has 0 fully saturated rings. The lowest BCUT2D eigenvalue weighted by molar-refractivity contribution is -0.870. The van der Waals surface area contributed by atoms with Gasteiger partial charge < -0.3 is 55.3 Å². The summed E-state index contributed by atoms with van der Waals surface area (Å²) in [5.41, 5.74) is 8.28. The van der Waals surface area contributed by atoms with Gasteiger partial charge in [0.05, 0.1) is 241 Å². The maximum Gasteiger partial charge on any atom is 0.203 e. The zero-order valence-electron chi connectivity index (χ0n) is 67.5. The van der Waals surface area contributed by atoms with Gasteiger partial charge in [0.1, 0.15) is 22.1 Å². The van der Waals surface area contributed by atoms with E-state index in [1.807, 2.05) is 12.4 Å². The first-order valence-corrected chi connectivity index (χ1v) is 42.2. The highest BCUT2D eigenvalue weighted by atomic mass is 32.1. The van der Waals surface area contributed by atoms with Crippen LogP contribution in [0.1, 0.15) is 154 Å². The van der Waals surface area contributed by atoms with Gasteiger partial charge in [0.25, 0.3) is 0 Å². The third kappa shape index (κ3) is 29.0. The highest BCUT2D eigenvalue weighted by Crippen LogP contribution is 2.49. The van der Waals surface area contributed by atoms with Crippen LogP contribution in [-0.4, -0.2) is 260 Å². The molecule has 0 aliphatic carbocycles. The number of thiophene rings is 2. The van der Waals surface area contributed by atoms with Crippen LogP contribution in [0.15, 0.2) is 48.8 Å². The zero-order valence-corrected chi connectivity index (χ0v) is 70.8. The number of benzene rings is 2. The Morgan fingerprint density at radius 2 is 0.500 bits per heavy atom. The summed E-state index contributed by atoms with van der Waals surface area (Å²) >= 11 is 5.92. The Kier molecular flexibility index (Phi) is 32.5. The van der Waals surface area contributed by atoms with Crippen LogP contribution in [0.3, 0.4) is 0 Å². The molecule has 0 saturated carbocycles. The molecule has 2 aromatic carbocycles. The van der Waals surface area contributed by atoms with Gasteiger partial charge in [-0.1, -0.05) is 0 Å². The predicted octanol–water partition coefficient (Wildman–Crippen LogP) is 18.3. The summed E-state index contributed by atoms with van der Waals surface area (Å²) in [6.07, 6.45) is 30.5. The van der Waals surface area contributed by atoms with Crippen molar-refractivity contribution < 1.29 is 55.3 Å². The van der Waals surface area contributed by atoms with E-state index in [9.17, 15) is 0 Å². The van der Waals surface area contributed by atoms with Crippen molar-refractivity contribution in [3.8, 4) is 77.9 Å². The van der Waals surface area contributed by atoms with Gasteiger partial charge in [0, 0.05) is 53.8 Å². The summed E-state index contributed by atoms with van der Waals surface area (Å²) in [6, 6.07) is 12.9. The molecule has 18 nitrogen and oxygen atoms in total. The van der Waals surface area contributed by atoms with Gasteiger partial charge in [-0.05, 0) is 190 Å². The molecule has 0 N–H and O–H groups in total. The van der Waals surface area contributed by atoms with E-state index in [4.69, 9.17) is 55.9 Å². The van der Waals surface area contributed by atoms with Crippen molar-refractivity contribution in [2.45, 2.75) is 154 Å². The second-order valence-electron chi connectivity index (χ2n) is 35.2. The summed E-state index contributed by atoms with van der Waals surface area (Å²) in [5.74, 6) is 4.12. The van der Waals surface area contributed by atoms with Crippen LogP contribution < -0.4 is 28.4 Å². The number of aromatic nitrogens is 6. The molecule has 0 aliphatic rings. The number of hydrogen-bond donors (Lipinski definition) is 0. The van der Waals surface area contributed by atoms with Crippen LogP contribution in [0.5, 0.6) is 34.5 Å². The second kappa shape index (κ2) is 40.2. The van der Waals surface area contributed by atoms with E-state index in [0.717, 1.165) is 218 Å². The molecule has 0 bridgehead atoms. The van der Waals surface area contributed by atoms with Gasteiger partial charge in [0.15, 0.2) is 23.0 Å². The SMILES string of the molecule is C[N+](C)(C)CCCCCCOc1cc(-c2ncc(-c3cc4sc(-c5cnc(-c6cc(OCCCCCC[N+](C)(C)C)c(OCCCCCC[N+](C)(C)C)c(OCCCCCC[N+](C)(C)C)c6)c6nsnc56)cc4s3)c3nsnc23)cc(OCCCCCC[N+](C)(C)C)c1OCCCCCC[N+](C)(C)C. The number of fused-ring (bicyclic) bond motifs is 3. The molecule has 22 heteroatoms. The van der Waals surface area contributed by atoms with E-state index in [0.29, 0.717) is 74.1 Å². The van der Waals surface area contributed by atoms with Crippen molar-refractivity contribution in [1.82, 2.24) is 27.5 Å². The monoisotopic (exact) mass is 1510 g/mol. The Morgan fingerprint density at radius 1 is 0.269 bits per heavy atom. The minimum Gasteiger partial charge on any atom is -0.490 e. The Bertz CT molecular complexity index is 3490. The molecule has 0 aliphatic heterocycles. The molecular weight excluding hydrogens is 1380 g/mol. The number of nitrogens with zero attached hydrogens (tertiary/aromatic N) is 12. The first-order valence-electron chi connectivity index (χ1n) is 39.1. The first-order chi connectivity index (χ1) is 49.4. The summed E-state index contributed by atoms with van der Waals surface area (Å²) < 4.78 is 69.0. The van der Waals surface area contributed by atoms with Crippen molar-refractivity contribution in [3.05, 3.63) is 48.8 Å². The van der Waals surface area contributed by atoms with E-state index in [1.165, 1.54) is 101 Å². The van der Waals surface area contributed by atoms with Crippen molar-refractivity contribution in [2.75, 3.05) is 206 Å². The average molecular weight is 1510 g/mol. The van der Waals surface area contributed by atoms with Crippen molar-refractivity contribution in [1.29, 1.82) is 0 Å². The molecule has 6 aromatic heterocycles. The standard InChI is InChI=1S/C82H134N12O6S4/c1-89(2,3)43-31-19-25-37-49-95-67-55-63(56-68(96-50-38-26-20-32-44-90(4,5)6)81(67)99-53-41-29-23-35-47-93(13,14)15)75-79-77(85-103-87-79)65(61-83-75)71-59-73-74(101-71)60-72(102-73)66-62-84-76(80-78(66)86-104-88-80)64-57-69(97-51-39-27-21-33-45-91(7,8)9)82(100-54-42-30-24-36-48-94(16,17)18)70(58-64)98-52-40-28-22-34-46-92(10,11)12/h55-62H,19-54H2,1-18H3/q+6. The smallest absolute Gasteiger partial charge is 0.203 e. The van der Waals surface area contributed by atoms with E-state index in [2.05, 4.69) is 163 Å². The fourth-order valence-electron chi connectivity index (χ4n) is 12.9. The van der Waals surface area contributed by atoms with Gasteiger partial charge in [-0.15, -0.1) is 22.7 Å². The first kappa shape index (κ1) is 84.2. The number of rotatable bonds is 52. The Labute approximate surface area is 642 Å². The summed E-state index contributed by atoms with van der Waals surface area (Å²) in [7, 11) is 40.8. The second-order valence-corrected chi connectivity index (χ2v) is 38.4. The number of pyridine rings is 2. The van der Waals surface area contributed by atoms with Crippen LogP contribution in [0.4, 0.5) is 0 Å². The molecule has 8 rings (SSSR count). The topological polar surface area (TPSA) is 133 Å². The van der Waals surface area contributed by atoms with E-state index >= 15 is 0 Å². The quantitative estimate of drug-likeness (QED) is 0.0265. The molecule has 0 atom stereocenters. The minimum atomic E-state index is 0.582. The van der Waals surface area contributed by atoms with Crippen LogP contribution in [0, 0.1) is 0 Å². The van der Waals surface area contributed by atoms with Gasteiger partial charge in [-0.2, -0.15) is 17.5 Å². The molecule has 0 spiro atoms. The van der Waals surface area contributed by atoms with Crippen LogP contribution in [0.25, 0.3) is 74.9 Å². The number of hydrogen-bond acceptors (Lipinski definition) is 16. The summed E-state index contributed by atoms with van der Waals surface area (Å²) in [6.45, 7) is 10.5. The average Bonchev–Trinajstić information content (AvgIpc) is 1.55. The predicted molar refractivity (Wildman–Crippen MR) is 440 cm³/mol. The lowest BCUT2D eigenvalue weighted by Gasteiger charge is -2.23. The number of quaternary nitrogens is 6. The molecular formula is C82H134N12O6S4+6. The van der Waals surface area contributed by atoms with E-state index < -0.39 is 0 Å². The lowest BCUT2D eigenvalue weighted by Crippen LogP contribution is -2.35. The Balaban J connectivity index is 1.07. The maximum atomic E-state index is 6.81. The Hall–Kier alpha value is -5.40. The Morgan fingerprint density at radius 3 is 0.750 bits per heavy atom. The van der Waals surface area contributed by atoms with Gasteiger partial charge in [-0.25, -0.2) is 0 Å². The summed E-state index contributed by atoms with van der Waals surface area (Å²) in [5, 5.41) is 0. The number of ether oxygens (including phenoxy) is 6. The molecule has 0 saturated heterocycles. The van der Waals surface area contributed by atoms with Crippen LogP contribution >= 0.6 is 46.1 Å². The van der Waals surface area contributed by atoms with Crippen molar-refractivity contribution in [2.24, 2.45) is 0 Å². The lowest BCUT2D eigenvalue weighted by atomic mass is 10.1. The third-order valence-corrected chi connectivity index (χ3v) is 22.2. The molecule has 8 aromatic rings. The fourth-order valence-corrected chi connectivity index (χ4v) is 16.4. The van der Waals surface area contributed by atoms with E-state index in [-0.39, 0.29) is 0 Å². The highest BCUT2D eigenvalue weighted by molar-refractivity contribution is 7.31. The van der Waals surface area contributed by atoms with Crippen molar-refractivity contribution >= 4 is 77.6 Å². The fraction of sp³-hybridized carbons (Fsp3) is 0.659.